The highest BCUT2D eigenvalue weighted by molar-refractivity contribution is 9.10. The van der Waals surface area contributed by atoms with Crippen LogP contribution in [0.4, 0.5) is 0 Å². The van der Waals surface area contributed by atoms with E-state index < -0.39 is 5.54 Å². The summed E-state index contributed by atoms with van der Waals surface area (Å²) in [5.74, 6) is 0.826. The van der Waals surface area contributed by atoms with E-state index in [1.807, 2.05) is 36.1 Å². The van der Waals surface area contributed by atoms with Crippen LogP contribution in [0.25, 0.3) is 11.0 Å². The van der Waals surface area contributed by atoms with Crippen LogP contribution in [0.2, 0.25) is 0 Å². The SMILES string of the molecule is CC1(CNC(=O)c2cccc3[nH]c(CO)nc23)CCCN1C(=O)C1COc2ccc(Br)cc2C1. The average Bonchev–Trinajstić information content (AvgIpc) is 3.45. The smallest absolute Gasteiger partial charge is 0.253 e. The molecule has 1 aromatic heterocycles. The van der Waals surface area contributed by atoms with Crippen LogP contribution in [0.5, 0.6) is 5.75 Å². The minimum absolute atomic E-state index is 0.0712. The van der Waals surface area contributed by atoms with Gasteiger partial charge in [-0.3, -0.25) is 9.59 Å². The molecule has 0 bridgehead atoms. The fourth-order valence-electron chi connectivity index (χ4n) is 5.03. The summed E-state index contributed by atoms with van der Waals surface area (Å²) in [5, 5.41) is 12.4. The molecule has 1 fully saturated rings. The number of H-pyrrole nitrogens is 1. The van der Waals surface area contributed by atoms with Crippen molar-refractivity contribution in [3.05, 3.63) is 57.8 Å². The van der Waals surface area contributed by atoms with Crippen LogP contribution in [-0.4, -0.2) is 57.0 Å². The lowest BCUT2D eigenvalue weighted by atomic mass is 9.92. The number of amides is 2. The lowest BCUT2D eigenvalue weighted by Gasteiger charge is -2.38. The van der Waals surface area contributed by atoms with Crippen LogP contribution in [0.15, 0.2) is 40.9 Å². The third-order valence-corrected chi connectivity index (χ3v) is 7.37. The second kappa shape index (κ2) is 9.03. The number of imidazole rings is 1. The van der Waals surface area contributed by atoms with E-state index in [-0.39, 0.29) is 24.3 Å². The van der Waals surface area contributed by atoms with Crippen molar-refractivity contribution in [3.8, 4) is 5.75 Å². The fraction of sp³-hybridized carbons (Fsp3) is 0.400. The molecule has 2 atom stereocenters. The summed E-state index contributed by atoms with van der Waals surface area (Å²) in [4.78, 5) is 35.8. The number of aromatic amines is 1. The van der Waals surface area contributed by atoms with Crippen LogP contribution in [-0.2, 0) is 17.8 Å². The van der Waals surface area contributed by atoms with Crippen molar-refractivity contribution in [1.82, 2.24) is 20.2 Å². The zero-order chi connectivity index (χ0) is 23.9. The Bertz CT molecular complexity index is 1260. The molecule has 9 heteroatoms. The second-order valence-electron chi connectivity index (χ2n) is 9.28. The van der Waals surface area contributed by atoms with Crippen molar-refractivity contribution in [1.29, 1.82) is 0 Å². The summed E-state index contributed by atoms with van der Waals surface area (Å²) in [6.07, 6.45) is 2.35. The largest absolute Gasteiger partial charge is 0.492 e. The van der Waals surface area contributed by atoms with Crippen molar-refractivity contribution in [3.63, 3.8) is 0 Å². The number of carbonyl (C=O) groups excluding carboxylic acids is 2. The van der Waals surface area contributed by atoms with Gasteiger partial charge in [-0.15, -0.1) is 0 Å². The van der Waals surface area contributed by atoms with E-state index >= 15 is 0 Å². The molecule has 0 radical (unpaired) electrons. The molecule has 2 amide bonds. The minimum atomic E-state index is -0.472. The molecule has 1 saturated heterocycles. The van der Waals surface area contributed by atoms with Crippen LogP contribution in [0.1, 0.15) is 41.5 Å². The van der Waals surface area contributed by atoms with Crippen LogP contribution in [0, 0.1) is 5.92 Å². The number of likely N-dealkylation sites (tertiary alicyclic amines) is 1. The fourth-order valence-corrected chi connectivity index (χ4v) is 5.44. The zero-order valence-corrected chi connectivity index (χ0v) is 20.5. The standard InChI is InChI=1S/C25H27BrN4O4/c1-25(14-27-23(32)18-4-2-5-19-22(18)29-21(12-31)28-19)8-3-9-30(25)24(33)16-10-15-11-17(26)6-7-20(15)34-13-16/h2,4-7,11,16,31H,3,8-10,12-14H2,1H3,(H,27,32)(H,28,29). The van der Waals surface area contributed by atoms with Gasteiger partial charge in [-0.05, 0) is 62.1 Å². The summed E-state index contributed by atoms with van der Waals surface area (Å²) < 4.78 is 6.85. The number of para-hydroxylation sites is 1. The molecule has 3 heterocycles. The number of rotatable bonds is 5. The first-order valence-electron chi connectivity index (χ1n) is 11.5. The number of halogens is 1. The van der Waals surface area contributed by atoms with E-state index in [0.29, 0.717) is 48.5 Å². The highest BCUT2D eigenvalue weighted by atomic mass is 79.9. The van der Waals surface area contributed by atoms with Gasteiger partial charge >= 0.3 is 0 Å². The number of hydrogen-bond donors (Lipinski definition) is 3. The maximum absolute atomic E-state index is 13.5. The summed E-state index contributed by atoms with van der Waals surface area (Å²) in [7, 11) is 0. The summed E-state index contributed by atoms with van der Waals surface area (Å²) in [6.45, 7) is 3.19. The number of nitrogens with zero attached hydrogens (tertiary/aromatic N) is 2. The third-order valence-electron chi connectivity index (χ3n) is 6.88. The van der Waals surface area contributed by atoms with Crippen molar-refractivity contribution < 1.29 is 19.4 Å². The van der Waals surface area contributed by atoms with Crippen molar-refractivity contribution >= 4 is 38.8 Å². The highest BCUT2D eigenvalue weighted by Gasteiger charge is 2.43. The van der Waals surface area contributed by atoms with E-state index in [1.54, 1.807) is 12.1 Å². The minimum Gasteiger partial charge on any atom is -0.492 e. The summed E-state index contributed by atoms with van der Waals surface area (Å²) in [5.41, 5.74) is 2.22. The number of hydrogen-bond acceptors (Lipinski definition) is 5. The van der Waals surface area contributed by atoms with Crippen molar-refractivity contribution in [2.24, 2.45) is 5.92 Å². The van der Waals surface area contributed by atoms with E-state index in [9.17, 15) is 14.7 Å². The molecule has 3 N–H and O–H groups in total. The Balaban J connectivity index is 1.29. The molecular formula is C25H27BrN4O4. The Kier molecular flexibility index (Phi) is 6.07. The van der Waals surface area contributed by atoms with Gasteiger partial charge in [-0.1, -0.05) is 22.0 Å². The van der Waals surface area contributed by atoms with Crippen molar-refractivity contribution in [2.75, 3.05) is 19.7 Å². The Morgan fingerprint density at radius 2 is 2.21 bits per heavy atom. The Hall–Kier alpha value is -2.91. The number of fused-ring (bicyclic) bond motifs is 2. The molecule has 178 valence electrons. The molecule has 2 aliphatic rings. The lowest BCUT2D eigenvalue weighted by molar-refractivity contribution is -0.140. The van der Waals surface area contributed by atoms with Gasteiger partial charge in [0.2, 0.25) is 5.91 Å². The van der Waals surface area contributed by atoms with Gasteiger partial charge in [0, 0.05) is 17.6 Å². The van der Waals surface area contributed by atoms with Gasteiger partial charge in [-0.25, -0.2) is 4.98 Å². The number of carbonyl (C=O) groups is 2. The molecule has 0 aliphatic carbocycles. The van der Waals surface area contributed by atoms with Gasteiger partial charge < -0.3 is 25.0 Å². The predicted octanol–water partition coefficient (Wildman–Crippen LogP) is 3.18. The molecule has 5 rings (SSSR count). The Labute approximate surface area is 205 Å². The molecule has 2 aliphatic heterocycles. The van der Waals surface area contributed by atoms with E-state index in [2.05, 4.69) is 31.2 Å². The van der Waals surface area contributed by atoms with Gasteiger partial charge in [0.1, 0.15) is 30.3 Å². The lowest BCUT2D eigenvalue weighted by Crippen LogP contribution is -2.54. The number of benzene rings is 2. The van der Waals surface area contributed by atoms with Crippen LogP contribution in [0.3, 0.4) is 0 Å². The predicted molar refractivity (Wildman–Crippen MR) is 131 cm³/mol. The Morgan fingerprint density at radius 1 is 1.35 bits per heavy atom. The number of aliphatic hydroxyl groups is 1. The monoisotopic (exact) mass is 526 g/mol. The van der Waals surface area contributed by atoms with Gasteiger partial charge in [0.05, 0.1) is 22.5 Å². The van der Waals surface area contributed by atoms with Crippen LogP contribution < -0.4 is 10.1 Å². The number of aliphatic hydroxyl groups excluding tert-OH is 1. The second-order valence-corrected chi connectivity index (χ2v) is 10.2. The maximum Gasteiger partial charge on any atom is 0.253 e. The van der Waals surface area contributed by atoms with Gasteiger partial charge in [-0.2, -0.15) is 0 Å². The third kappa shape index (κ3) is 4.18. The number of nitrogens with one attached hydrogen (secondary N) is 2. The first-order valence-corrected chi connectivity index (χ1v) is 12.3. The highest BCUT2D eigenvalue weighted by Crippen LogP contribution is 2.34. The molecular weight excluding hydrogens is 500 g/mol. The molecule has 2 aromatic carbocycles. The normalized spacial score (nSPS) is 21.9. The number of aromatic nitrogens is 2. The van der Waals surface area contributed by atoms with Gasteiger partial charge in [0.15, 0.2) is 0 Å². The summed E-state index contributed by atoms with van der Waals surface area (Å²) >= 11 is 3.50. The zero-order valence-electron chi connectivity index (χ0n) is 18.9. The van der Waals surface area contributed by atoms with E-state index in [1.165, 1.54) is 0 Å². The topological polar surface area (TPSA) is 108 Å². The maximum atomic E-state index is 13.5. The van der Waals surface area contributed by atoms with E-state index in [4.69, 9.17) is 4.74 Å². The molecule has 0 spiro atoms. The molecule has 3 aromatic rings. The molecule has 8 nitrogen and oxygen atoms in total. The Morgan fingerprint density at radius 3 is 3.03 bits per heavy atom. The van der Waals surface area contributed by atoms with Crippen LogP contribution >= 0.6 is 15.9 Å². The average molecular weight is 527 g/mol. The molecule has 2 unspecified atom stereocenters. The van der Waals surface area contributed by atoms with Gasteiger partial charge in [0.25, 0.3) is 5.91 Å². The first-order chi connectivity index (χ1) is 16.4. The molecule has 34 heavy (non-hydrogen) atoms. The van der Waals surface area contributed by atoms with Crippen molar-refractivity contribution in [2.45, 2.75) is 38.3 Å². The van der Waals surface area contributed by atoms with E-state index in [0.717, 1.165) is 28.6 Å². The first kappa shape index (κ1) is 22.9. The summed E-state index contributed by atoms with van der Waals surface area (Å²) in [6, 6.07) is 11.2. The molecule has 0 saturated carbocycles. The number of ether oxygens (including phenoxy) is 1. The quantitative estimate of drug-likeness (QED) is 0.473.